The molecule has 1 atom stereocenters. The molecule has 0 saturated carbocycles. The number of nitrogens with two attached hydrogens (primary N) is 1. The number of nitrogens with one attached hydrogen (secondary N) is 1. The van der Waals surface area contributed by atoms with E-state index in [2.05, 4.69) is 34.3 Å². The molecule has 112 valence electrons. The SMILES string of the molecule is C[N+]1(Cc2cccc(C(N)=S)c2)C=CN=C1Cc1ncc[nH]1. The molecule has 1 aliphatic heterocycles. The minimum atomic E-state index is 0.422. The summed E-state index contributed by atoms with van der Waals surface area (Å²) in [5.74, 6) is 1.97. The largest absolute Gasteiger partial charge is 0.389 e. The van der Waals surface area contributed by atoms with Gasteiger partial charge in [-0.05, 0) is 6.07 Å². The normalized spacial score (nSPS) is 20.1. The topological polar surface area (TPSA) is 67.1 Å². The number of hydrogen-bond donors (Lipinski definition) is 2. The van der Waals surface area contributed by atoms with E-state index in [4.69, 9.17) is 18.0 Å². The average Bonchev–Trinajstić information content (AvgIpc) is 3.11. The van der Waals surface area contributed by atoms with Crippen LogP contribution in [0.15, 0.2) is 54.1 Å². The number of likely N-dealkylation sites (N-methyl/N-ethyl adjacent to an activating group) is 1. The van der Waals surface area contributed by atoms with Crippen LogP contribution >= 0.6 is 12.2 Å². The van der Waals surface area contributed by atoms with Gasteiger partial charge in [0.2, 0.25) is 5.84 Å². The van der Waals surface area contributed by atoms with Crippen LogP contribution in [0.2, 0.25) is 0 Å². The summed E-state index contributed by atoms with van der Waals surface area (Å²) in [4.78, 5) is 12.3. The van der Waals surface area contributed by atoms with E-state index in [9.17, 15) is 0 Å². The van der Waals surface area contributed by atoms with Gasteiger partial charge >= 0.3 is 0 Å². The highest BCUT2D eigenvalue weighted by atomic mass is 32.1. The van der Waals surface area contributed by atoms with Crippen molar-refractivity contribution in [1.29, 1.82) is 0 Å². The van der Waals surface area contributed by atoms with Crippen LogP contribution in [0.3, 0.4) is 0 Å². The maximum absolute atomic E-state index is 5.72. The van der Waals surface area contributed by atoms with Crippen LogP contribution in [0.25, 0.3) is 0 Å². The third-order valence-electron chi connectivity index (χ3n) is 3.81. The number of aliphatic imine (C=N–C) groups is 1. The van der Waals surface area contributed by atoms with E-state index < -0.39 is 0 Å². The predicted octanol–water partition coefficient (Wildman–Crippen LogP) is 2.12. The molecule has 1 aliphatic rings. The number of rotatable bonds is 5. The summed E-state index contributed by atoms with van der Waals surface area (Å²) in [6.07, 6.45) is 8.23. The molecule has 1 aromatic heterocycles. The van der Waals surface area contributed by atoms with Gasteiger partial charge in [-0.2, -0.15) is 0 Å². The van der Waals surface area contributed by atoms with Gasteiger partial charge in [0.05, 0.1) is 13.2 Å². The molecule has 3 rings (SSSR count). The molecule has 6 heteroatoms. The lowest BCUT2D eigenvalue weighted by atomic mass is 10.1. The van der Waals surface area contributed by atoms with Gasteiger partial charge in [-0.3, -0.25) is 0 Å². The van der Waals surface area contributed by atoms with Crippen LogP contribution in [0.5, 0.6) is 0 Å². The van der Waals surface area contributed by atoms with E-state index in [0.717, 1.165) is 23.8 Å². The third kappa shape index (κ3) is 2.98. The molecule has 0 spiro atoms. The highest BCUT2D eigenvalue weighted by molar-refractivity contribution is 7.80. The number of aromatic nitrogens is 2. The number of amidine groups is 1. The first-order chi connectivity index (χ1) is 10.6. The molecule has 0 fully saturated rings. The molecular weight excluding hydrogens is 294 g/mol. The van der Waals surface area contributed by atoms with Gasteiger partial charge < -0.3 is 10.7 Å². The highest BCUT2D eigenvalue weighted by Gasteiger charge is 2.31. The van der Waals surface area contributed by atoms with Gasteiger partial charge in [-0.15, -0.1) is 0 Å². The summed E-state index contributed by atoms with van der Waals surface area (Å²) in [6.45, 7) is 0.798. The van der Waals surface area contributed by atoms with E-state index in [-0.39, 0.29) is 0 Å². The molecule has 2 aromatic rings. The zero-order valence-electron chi connectivity index (χ0n) is 12.4. The summed E-state index contributed by atoms with van der Waals surface area (Å²) in [7, 11) is 2.14. The van der Waals surface area contributed by atoms with Crippen LogP contribution in [0, 0.1) is 0 Å². The molecule has 0 bridgehead atoms. The van der Waals surface area contributed by atoms with Crippen LogP contribution in [-0.4, -0.2) is 32.3 Å². The first-order valence-corrected chi connectivity index (χ1v) is 7.45. The molecule has 0 saturated heterocycles. The maximum Gasteiger partial charge on any atom is 0.215 e. The minimum absolute atomic E-state index is 0.422. The third-order valence-corrected chi connectivity index (χ3v) is 4.05. The Morgan fingerprint density at radius 1 is 1.41 bits per heavy atom. The van der Waals surface area contributed by atoms with Crippen LogP contribution in [0.4, 0.5) is 0 Å². The molecule has 0 aliphatic carbocycles. The Kier molecular flexibility index (Phi) is 3.87. The van der Waals surface area contributed by atoms with Crippen molar-refractivity contribution < 1.29 is 4.48 Å². The van der Waals surface area contributed by atoms with Crippen molar-refractivity contribution in [2.75, 3.05) is 7.05 Å². The summed E-state index contributed by atoms with van der Waals surface area (Å²) in [6, 6.07) is 8.05. The lowest BCUT2D eigenvalue weighted by Gasteiger charge is -2.27. The number of aromatic amines is 1. The average molecular weight is 312 g/mol. The Morgan fingerprint density at radius 3 is 3.00 bits per heavy atom. The number of H-pyrrole nitrogens is 1. The van der Waals surface area contributed by atoms with Gasteiger partial charge in [0.1, 0.15) is 30.0 Å². The zero-order valence-corrected chi connectivity index (χ0v) is 13.2. The first kappa shape index (κ1) is 14.6. The Morgan fingerprint density at radius 2 is 2.27 bits per heavy atom. The predicted molar refractivity (Wildman–Crippen MR) is 91.1 cm³/mol. The van der Waals surface area contributed by atoms with Gasteiger partial charge in [-0.1, -0.05) is 30.4 Å². The minimum Gasteiger partial charge on any atom is -0.389 e. The Bertz CT molecular complexity index is 748. The van der Waals surface area contributed by atoms with Crippen LogP contribution in [0.1, 0.15) is 17.0 Å². The zero-order chi connectivity index (χ0) is 15.6. The summed E-state index contributed by atoms with van der Waals surface area (Å²) in [5.41, 5.74) is 7.79. The van der Waals surface area contributed by atoms with Crippen molar-refractivity contribution in [1.82, 2.24) is 9.97 Å². The number of imidazole rings is 1. The van der Waals surface area contributed by atoms with Gasteiger partial charge in [0.25, 0.3) is 0 Å². The van der Waals surface area contributed by atoms with Crippen molar-refractivity contribution in [3.8, 4) is 0 Å². The second-order valence-electron chi connectivity index (χ2n) is 5.55. The molecule has 3 N–H and O–H groups in total. The van der Waals surface area contributed by atoms with Crippen molar-refractivity contribution >= 4 is 23.0 Å². The number of benzene rings is 1. The van der Waals surface area contributed by atoms with E-state index in [1.807, 2.05) is 30.6 Å². The fraction of sp³-hybridized carbons (Fsp3) is 0.188. The number of quaternary nitrogens is 1. The fourth-order valence-electron chi connectivity index (χ4n) is 2.60. The van der Waals surface area contributed by atoms with E-state index >= 15 is 0 Å². The Hall–Kier alpha value is -2.31. The molecule has 5 nitrogen and oxygen atoms in total. The van der Waals surface area contributed by atoms with Crippen molar-refractivity contribution in [3.05, 3.63) is 66.0 Å². The van der Waals surface area contributed by atoms with Crippen molar-refractivity contribution in [2.24, 2.45) is 10.7 Å². The Balaban J connectivity index is 1.81. The first-order valence-electron chi connectivity index (χ1n) is 7.04. The standard InChI is InChI=1S/C16H17N5S/c1-21(11-12-3-2-4-13(9-12)16(17)22)8-7-20-15(21)10-14-18-5-6-19-14/h2-9H,10-11H2,1H3,(H2-,17,18,19,22)/p+1. The molecular formula is C16H18N5S+. The molecule has 0 radical (unpaired) electrons. The van der Waals surface area contributed by atoms with Crippen LogP contribution < -0.4 is 5.73 Å². The molecule has 1 unspecified atom stereocenters. The van der Waals surface area contributed by atoms with E-state index in [0.29, 0.717) is 15.9 Å². The Labute approximate surface area is 134 Å². The second-order valence-corrected chi connectivity index (χ2v) is 5.99. The maximum atomic E-state index is 5.72. The summed E-state index contributed by atoms with van der Waals surface area (Å²) >= 11 is 5.05. The molecule has 0 amide bonds. The second kappa shape index (κ2) is 5.82. The van der Waals surface area contributed by atoms with Crippen LogP contribution in [-0.2, 0) is 13.0 Å². The molecule has 22 heavy (non-hydrogen) atoms. The van der Waals surface area contributed by atoms with Gasteiger partial charge in [-0.25, -0.2) is 14.5 Å². The number of thiocarbonyl (C=S) groups is 1. The van der Waals surface area contributed by atoms with Gasteiger partial charge in [0.15, 0.2) is 0 Å². The van der Waals surface area contributed by atoms with Crippen molar-refractivity contribution in [2.45, 2.75) is 13.0 Å². The molecule has 1 aromatic carbocycles. The highest BCUT2D eigenvalue weighted by Crippen LogP contribution is 2.21. The summed E-state index contributed by atoms with van der Waals surface area (Å²) < 4.78 is 0.626. The lowest BCUT2D eigenvalue weighted by molar-refractivity contribution is -0.779. The van der Waals surface area contributed by atoms with Crippen molar-refractivity contribution in [3.63, 3.8) is 0 Å². The lowest BCUT2D eigenvalue weighted by Crippen LogP contribution is -2.42. The number of nitrogens with zero attached hydrogens (tertiary/aromatic N) is 3. The summed E-state index contributed by atoms with van der Waals surface area (Å²) in [5, 5.41) is 0. The van der Waals surface area contributed by atoms with Gasteiger partial charge in [0, 0.05) is 23.5 Å². The fourth-order valence-corrected chi connectivity index (χ4v) is 2.73. The van der Waals surface area contributed by atoms with E-state index in [1.165, 1.54) is 5.56 Å². The number of hydrogen-bond acceptors (Lipinski definition) is 3. The van der Waals surface area contributed by atoms with E-state index in [1.54, 1.807) is 6.20 Å². The molecule has 2 heterocycles. The monoisotopic (exact) mass is 312 g/mol. The quantitative estimate of drug-likeness (QED) is 0.656. The smallest absolute Gasteiger partial charge is 0.215 e.